The highest BCUT2D eigenvalue weighted by atomic mass is 32.2. The summed E-state index contributed by atoms with van der Waals surface area (Å²) in [6, 6.07) is 5.82. The first-order chi connectivity index (χ1) is 8.59. The van der Waals surface area contributed by atoms with E-state index < -0.39 is 10.8 Å². The zero-order valence-electron chi connectivity index (χ0n) is 10.5. The molecule has 0 bridgehead atoms. The van der Waals surface area contributed by atoms with Gasteiger partial charge in [-0.05, 0) is 19.1 Å². The second kappa shape index (κ2) is 5.35. The Balaban J connectivity index is 2.24. The van der Waals surface area contributed by atoms with Gasteiger partial charge in [-0.15, -0.1) is 0 Å². The van der Waals surface area contributed by atoms with Crippen LogP contribution in [0.5, 0.6) is 0 Å². The molecule has 3 N–H and O–H groups in total. The van der Waals surface area contributed by atoms with Gasteiger partial charge in [-0.3, -0.25) is 9.19 Å². The molecule has 1 heterocycles. The number of anilines is 2. The summed E-state index contributed by atoms with van der Waals surface area (Å²) in [4.78, 5) is 4.06. The van der Waals surface area contributed by atoms with Crippen molar-refractivity contribution in [3.63, 3.8) is 0 Å². The Hall–Kier alpha value is -1.62. The van der Waals surface area contributed by atoms with E-state index in [0.717, 1.165) is 16.5 Å². The molecule has 4 nitrogen and oxygen atoms in total. The quantitative estimate of drug-likeness (QED) is 0.828. The third-order valence-corrected chi connectivity index (χ3v) is 4.31. The van der Waals surface area contributed by atoms with Gasteiger partial charge in [0.2, 0.25) is 0 Å². The summed E-state index contributed by atoms with van der Waals surface area (Å²) < 4.78 is 11.3. The van der Waals surface area contributed by atoms with Crippen molar-refractivity contribution in [1.29, 1.82) is 0 Å². The number of aromatic nitrogens is 1. The molecule has 2 rings (SSSR count). The van der Waals surface area contributed by atoms with Gasteiger partial charge in [0.1, 0.15) is 0 Å². The van der Waals surface area contributed by atoms with Gasteiger partial charge >= 0.3 is 0 Å². The Morgan fingerprint density at radius 3 is 2.94 bits per heavy atom. The topological polar surface area (TPSA) is 68.0 Å². The average molecular weight is 263 g/mol. The van der Waals surface area contributed by atoms with Gasteiger partial charge in [0.25, 0.3) is 0 Å². The van der Waals surface area contributed by atoms with Crippen LogP contribution in [0.4, 0.5) is 11.4 Å². The van der Waals surface area contributed by atoms with Crippen LogP contribution in [0, 0.1) is 0 Å². The lowest BCUT2D eigenvalue weighted by Crippen LogP contribution is -2.21. The molecule has 0 aliphatic rings. The normalized spacial score (nSPS) is 14.3. The minimum absolute atomic E-state index is 0.0949. The van der Waals surface area contributed by atoms with Crippen LogP contribution in [0.3, 0.4) is 0 Å². The molecule has 0 radical (unpaired) electrons. The fourth-order valence-corrected chi connectivity index (χ4v) is 2.04. The number of pyridine rings is 1. The Morgan fingerprint density at radius 2 is 2.22 bits per heavy atom. The highest BCUT2D eigenvalue weighted by molar-refractivity contribution is 7.84. The van der Waals surface area contributed by atoms with Crippen LogP contribution in [0.15, 0.2) is 30.6 Å². The number of nitrogens with zero attached hydrogens (tertiary/aromatic N) is 1. The van der Waals surface area contributed by atoms with Crippen molar-refractivity contribution in [2.24, 2.45) is 0 Å². The zero-order chi connectivity index (χ0) is 13.1. The summed E-state index contributed by atoms with van der Waals surface area (Å²) in [5.74, 6) is 0. The van der Waals surface area contributed by atoms with Gasteiger partial charge in [-0.1, -0.05) is 6.07 Å². The Bertz CT molecular complexity index is 585. The molecule has 0 saturated heterocycles. The second-order valence-electron chi connectivity index (χ2n) is 4.31. The summed E-state index contributed by atoms with van der Waals surface area (Å²) in [6.45, 7) is 2.59. The van der Waals surface area contributed by atoms with E-state index in [2.05, 4.69) is 10.3 Å². The summed E-state index contributed by atoms with van der Waals surface area (Å²) in [7, 11) is -0.831. The molecule has 18 heavy (non-hydrogen) atoms. The average Bonchev–Trinajstić information content (AvgIpc) is 2.38. The predicted octanol–water partition coefficient (Wildman–Crippen LogP) is 2.00. The van der Waals surface area contributed by atoms with Crippen LogP contribution < -0.4 is 11.1 Å². The van der Waals surface area contributed by atoms with Gasteiger partial charge in [-0.25, -0.2) is 0 Å². The van der Waals surface area contributed by atoms with Crippen LogP contribution in [-0.4, -0.2) is 27.2 Å². The van der Waals surface area contributed by atoms with Crippen molar-refractivity contribution < 1.29 is 4.21 Å². The maximum Gasteiger partial charge on any atom is 0.0630 e. The number of rotatable bonds is 4. The molecule has 0 amide bonds. The summed E-state index contributed by atoms with van der Waals surface area (Å²) >= 11 is 0. The molecule has 1 aromatic carbocycles. The van der Waals surface area contributed by atoms with Crippen molar-refractivity contribution in [2.75, 3.05) is 23.9 Å². The van der Waals surface area contributed by atoms with Crippen LogP contribution in [0.2, 0.25) is 0 Å². The lowest BCUT2D eigenvalue weighted by atomic mass is 10.1. The van der Waals surface area contributed by atoms with Gasteiger partial charge in [0, 0.05) is 52.0 Å². The van der Waals surface area contributed by atoms with Crippen molar-refractivity contribution in [3.8, 4) is 0 Å². The largest absolute Gasteiger partial charge is 0.397 e. The predicted molar refractivity (Wildman–Crippen MR) is 78.2 cm³/mol. The molecular weight excluding hydrogens is 246 g/mol. The molecule has 2 aromatic rings. The smallest absolute Gasteiger partial charge is 0.0630 e. The first-order valence-corrected chi connectivity index (χ1v) is 7.40. The lowest BCUT2D eigenvalue weighted by molar-refractivity contribution is 0.679. The fraction of sp³-hybridized carbons (Fsp3) is 0.308. The van der Waals surface area contributed by atoms with Gasteiger partial charge in [0.05, 0.1) is 11.4 Å². The SMILES string of the molecule is CC(CNc1ccc2cnccc2c1N)S(C)=O. The van der Waals surface area contributed by atoms with Crippen molar-refractivity contribution in [3.05, 3.63) is 30.6 Å². The molecule has 96 valence electrons. The molecule has 0 aliphatic heterocycles. The number of nitrogens with two attached hydrogens (primary N) is 1. The minimum atomic E-state index is -0.831. The monoisotopic (exact) mass is 263 g/mol. The summed E-state index contributed by atoms with van der Waals surface area (Å²) in [5, 5.41) is 5.35. The standard InChI is InChI=1S/C13H17N3OS/c1-9(18(2)17)7-16-12-4-3-10-8-15-6-5-11(10)13(12)14/h3-6,8-9,16H,7,14H2,1-2H3. The molecule has 1 aromatic heterocycles. The maximum absolute atomic E-state index is 11.3. The van der Waals surface area contributed by atoms with Gasteiger partial charge in [-0.2, -0.15) is 0 Å². The van der Waals surface area contributed by atoms with Crippen LogP contribution in [0.25, 0.3) is 10.8 Å². The summed E-state index contributed by atoms with van der Waals surface area (Å²) in [6.07, 6.45) is 5.23. The van der Waals surface area contributed by atoms with Crippen molar-refractivity contribution >= 4 is 32.9 Å². The first kappa shape index (κ1) is 12.8. The molecule has 0 spiro atoms. The maximum atomic E-state index is 11.3. The molecule has 5 heteroatoms. The van der Waals surface area contributed by atoms with E-state index in [1.807, 2.05) is 25.1 Å². The number of benzene rings is 1. The number of nitrogen functional groups attached to an aromatic ring is 1. The second-order valence-corrected chi connectivity index (χ2v) is 6.12. The molecule has 0 saturated carbocycles. The highest BCUT2D eigenvalue weighted by Gasteiger charge is 2.08. The zero-order valence-corrected chi connectivity index (χ0v) is 11.3. The molecule has 0 fully saturated rings. The first-order valence-electron chi connectivity index (χ1n) is 5.78. The van der Waals surface area contributed by atoms with E-state index in [0.29, 0.717) is 12.2 Å². The van der Waals surface area contributed by atoms with Gasteiger partial charge in [0.15, 0.2) is 0 Å². The van der Waals surface area contributed by atoms with Crippen molar-refractivity contribution in [2.45, 2.75) is 12.2 Å². The minimum Gasteiger partial charge on any atom is -0.397 e. The van der Waals surface area contributed by atoms with E-state index in [1.54, 1.807) is 18.6 Å². The number of hydrogen-bond acceptors (Lipinski definition) is 4. The van der Waals surface area contributed by atoms with E-state index in [9.17, 15) is 4.21 Å². The van der Waals surface area contributed by atoms with Crippen molar-refractivity contribution in [1.82, 2.24) is 4.98 Å². The lowest BCUT2D eigenvalue weighted by Gasteiger charge is -2.14. The Labute approximate surface area is 109 Å². The van der Waals surface area contributed by atoms with Crippen LogP contribution in [0.1, 0.15) is 6.92 Å². The van der Waals surface area contributed by atoms with E-state index >= 15 is 0 Å². The van der Waals surface area contributed by atoms with Gasteiger partial charge < -0.3 is 11.1 Å². The van der Waals surface area contributed by atoms with E-state index in [1.165, 1.54) is 0 Å². The van der Waals surface area contributed by atoms with Crippen LogP contribution in [-0.2, 0) is 10.8 Å². The number of hydrogen-bond donors (Lipinski definition) is 2. The Kier molecular flexibility index (Phi) is 3.81. The molecular formula is C13H17N3OS. The number of fused-ring (bicyclic) bond motifs is 1. The molecule has 2 unspecified atom stereocenters. The van der Waals surface area contributed by atoms with E-state index in [-0.39, 0.29) is 5.25 Å². The third kappa shape index (κ3) is 2.61. The number of nitrogens with one attached hydrogen (secondary N) is 1. The van der Waals surface area contributed by atoms with Crippen LogP contribution >= 0.6 is 0 Å². The Morgan fingerprint density at radius 1 is 1.44 bits per heavy atom. The highest BCUT2D eigenvalue weighted by Crippen LogP contribution is 2.27. The molecule has 0 aliphatic carbocycles. The fourth-order valence-electron chi connectivity index (χ4n) is 1.72. The van der Waals surface area contributed by atoms with E-state index in [4.69, 9.17) is 5.73 Å². The third-order valence-electron chi connectivity index (χ3n) is 3.01. The summed E-state index contributed by atoms with van der Waals surface area (Å²) in [5.41, 5.74) is 7.71. The molecule has 2 atom stereocenters.